The van der Waals surface area contributed by atoms with Crippen LogP contribution < -0.4 is 5.32 Å². The molecule has 1 amide bonds. The standard InChI is InChI=1S/C20H14ClNO3/c21-17-8-2-1-5-14(17)10-11-18(23)15-6-3-7-16(13-15)22-20(24)19-9-4-12-25-19/h1-13H,(H,22,24)/b11-10-. The smallest absolute Gasteiger partial charge is 0.291 e. The van der Waals surface area contributed by atoms with Crippen LogP contribution in [0.3, 0.4) is 0 Å². The summed E-state index contributed by atoms with van der Waals surface area (Å²) >= 11 is 6.07. The Morgan fingerprint density at radius 2 is 1.84 bits per heavy atom. The van der Waals surface area contributed by atoms with E-state index in [2.05, 4.69) is 5.32 Å². The molecule has 0 saturated heterocycles. The van der Waals surface area contributed by atoms with Gasteiger partial charge in [-0.3, -0.25) is 9.59 Å². The SMILES string of the molecule is O=C(/C=C\c1ccccc1Cl)c1cccc(NC(=O)c2ccco2)c1. The number of rotatable bonds is 5. The first-order valence-corrected chi connectivity index (χ1v) is 7.93. The topological polar surface area (TPSA) is 59.3 Å². The van der Waals surface area contributed by atoms with Crippen molar-refractivity contribution in [3.8, 4) is 0 Å². The minimum absolute atomic E-state index is 0.186. The van der Waals surface area contributed by atoms with Gasteiger partial charge in [-0.1, -0.05) is 41.9 Å². The highest BCUT2D eigenvalue weighted by atomic mass is 35.5. The number of nitrogens with one attached hydrogen (secondary N) is 1. The van der Waals surface area contributed by atoms with E-state index in [0.29, 0.717) is 16.3 Å². The second kappa shape index (κ2) is 7.64. The molecule has 0 bridgehead atoms. The summed E-state index contributed by atoms with van der Waals surface area (Å²) in [6.45, 7) is 0. The van der Waals surface area contributed by atoms with Gasteiger partial charge in [0.2, 0.25) is 0 Å². The van der Waals surface area contributed by atoms with Gasteiger partial charge in [0, 0.05) is 16.3 Å². The molecule has 0 unspecified atom stereocenters. The van der Waals surface area contributed by atoms with Crippen molar-refractivity contribution < 1.29 is 14.0 Å². The number of hydrogen-bond donors (Lipinski definition) is 1. The summed E-state index contributed by atoms with van der Waals surface area (Å²) in [5, 5.41) is 3.27. The summed E-state index contributed by atoms with van der Waals surface area (Å²) in [5.41, 5.74) is 1.73. The second-order valence-corrected chi connectivity index (χ2v) is 5.64. The molecular formula is C20H14ClNO3. The molecule has 5 heteroatoms. The molecule has 0 aliphatic rings. The predicted octanol–water partition coefficient (Wildman–Crippen LogP) is 5.08. The van der Waals surface area contributed by atoms with Crippen LogP contribution in [0.5, 0.6) is 0 Å². The highest BCUT2D eigenvalue weighted by Crippen LogP contribution is 2.18. The van der Waals surface area contributed by atoms with Crippen molar-refractivity contribution in [3.05, 3.63) is 94.9 Å². The van der Waals surface area contributed by atoms with Crippen molar-refractivity contribution in [2.24, 2.45) is 0 Å². The molecule has 0 aliphatic heterocycles. The molecule has 0 spiro atoms. The quantitative estimate of drug-likeness (QED) is 0.515. The Hall–Kier alpha value is -3.11. The Labute approximate surface area is 149 Å². The Balaban J connectivity index is 1.73. The molecule has 124 valence electrons. The number of carbonyl (C=O) groups is 2. The van der Waals surface area contributed by atoms with E-state index in [1.807, 2.05) is 18.2 Å². The zero-order chi connectivity index (χ0) is 17.6. The molecule has 1 N–H and O–H groups in total. The lowest BCUT2D eigenvalue weighted by molar-refractivity contribution is 0.0994. The van der Waals surface area contributed by atoms with E-state index < -0.39 is 0 Å². The predicted molar refractivity (Wildman–Crippen MR) is 97.9 cm³/mol. The summed E-state index contributed by atoms with van der Waals surface area (Å²) in [5.74, 6) is -0.356. The largest absolute Gasteiger partial charge is 0.459 e. The first-order chi connectivity index (χ1) is 12.1. The molecule has 0 fully saturated rings. The van der Waals surface area contributed by atoms with Gasteiger partial charge >= 0.3 is 0 Å². The molecule has 3 aromatic rings. The number of carbonyl (C=O) groups excluding carboxylic acids is 2. The zero-order valence-electron chi connectivity index (χ0n) is 13.1. The van der Waals surface area contributed by atoms with Gasteiger partial charge in [0.1, 0.15) is 0 Å². The van der Waals surface area contributed by atoms with Gasteiger partial charge in [0.05, 0.1) is 6.26 Å². The average molecular weight is 352 g/mol. The van der Waals surface area contributed by atoms with E-state index in [0.717, 1.165) is 5.56 Å². The summed E-state index contributed by atoms with van der Waals surface area (Å²) in [6, 6.07) is 17.2. The van der Waals surface area contributed by atoms with Crippen LogP contribution in [0, 0.1) is 0 Å². The van der Waals surface area contributed by atoms with Crippen LogP contribution in [-0.4, -0.2) is 11.7 Å². The van der Waals surface area contributed by atoms with Gasteiger partial charge in [-0.15, -0.1) is 0 Å². The average Bonchev–Trinajstić information content (AvgIpc) is 3.16. The summed E-state index contributed by atoms with van der Waals surface area (Å²) < 4.78 is 5.04. The monoisotopic (exact) mass is 351 g/mol. The van der Waals surface area contributed by atoms with Crippen LogP contribution in [-0.2, 0) is 0 Å². The molecule has 4 nitrogen and oxygen atoms in total. The lowest BCUT2D eigenvalue weighted by Gasteiger charge is -2.04. The number of benzene rings is 2. The van der Waals surface area contributed by atoms with Crippen molar-refractivity contribution in [1.82, 2.24) is 0 Å². The van der Waals surface area contributed by atoms with Gasteiger partial charge < -0.3 is 9.73 Å². The van der Waals surface area contributed by atoms with Gasteiger partial charge in [0.15, 0.2) is 11.5 Å². The molecule has 1 heterocycles. The van der Waals surface area contributed by atoms with Gasteiger partial charge in [0.25, 0.3) is 5.91 Å². The summed E-state index contributed by atoms with van der Waals surface area (Å²) in [7, 11) is 0. The van der Waals surface area contributed by atoms with Crippen molar-refractivity contribution in [2.75, 3.05) is 5.32 Å². The third kappa shape index (κ3) is 4.25. The summed E-state index contributed by atoms with van der Waals surface area (Å²) in [4.78, 5) is 24.3. The van der Waals surface area contributed by atoms with Gasteiger partial charge in [-0.25, -0.2) is 0 Å². The molecule has 3 rings (SSSR count). The highest BCUT2D eigenvalue weighted by Gasteiger charge is 2.10. The van der Waals surface area contributed by atoms with E-state index in [1.165, 1.54) is 12.3 Å². The van der Waals surface area contributed by atoms with Crippen molar-refractivity contribution in [2.45, 2.75) is 0 Å². The van der Waals surface area contributed by atoms with E-state index in [4.69, 9.17) is 16.0 Å². The number of amides is 1. The maximum atomic E-state index is 12.3. The Kier molecular flexibility index (Phi) is 5.11. The number of anilines is 1. The third-order valence-corrected chi connectivity index (χ3v) is 3.81. The van der Waals surface area contributed by atoms with E-state index in [-0.39, 0.29) is 17.5 Å². The molecule has 25 heavy (non-hydrogen) atoms. The van der Waals surface area contributed by atoms with E-state index in [1.54, 1.807) is 48.5 Å². The van der Waals surface area contributed by atoms with Crippen LogP contribution >= 0.6 is 11.6 Å². The lowest BCUT2D eigenvalue weighted by Crippen LogP contribution is -2.11. The number of allylic oxidation sites excluding steroid dienone is 1. The van der Waals surface area contributed by atoms with Crippen LogP contribution in [0.2, 0.25) is 5.02 Å². The Bertz CT molecular complexity index is 930. The highest BCUT2D eigenvalue weighted by molar-refractivity contribution is 6.32. The molecule has 1 aromatic heterocycles. The van der Waals surface area contributed by atoms with Gasteiger partial charge in [-0.05, 0) is 48.0 Å². The minimum atomic E-state index is -0.374. The fourth-order valence-corrected chi connectivity index (χ4v) is 2.42. The molecule has 0 saturated carbocycles. The molecule has 0 atom stereocenters. The summed E-state index contributed by atoms with van der Waals surface area (Å²) in [6.07, 6.45) is 4.54. The fraction of sp³-hybridized carbons (Fsp3) is 0. The Morgan fingerprint density at radius 1 is 1.00 bits per heavy atom. The van der Waals surface area contributed by atoms with Crippen LogP contribution in [0.25, 0.3) is 6.08 Å². The number of furan rings is 1. The van der Waals surface area contributed by atoms with Crippen LogP contribution in [0.4, 0.5) is 5.69 Å². The van der Waals surface area contributed by atoms with Crippen molar-refractivity contribution >= 4 is 35.1 Å². The van der Waals surface area contributed by atoms with Gasteiger partial charge in [-0.2, -0.15) is 0 Å². The molecule has 2 aromatic carbocycles. The maximum absolute atomic E-state index is 12.3. The maximum Gasteiger partial charge on any atom is 0.291 e. The van der Waals surface area contributed by atoms with E-state index in [9.17, 15) is 9.59 Å². The van der Waals surface area contributed by atoms with Crippen molar-refractivity contribution in [1.29, 1.82) is 0 Å². The lowest BCUT2D eigenvalue weighted by atomic mass is 10.1. The molecular weight excluding hydrogens is 338 g/mol. The van der Waals surface area contributed by atoms with Crippen LogP contribution in [0.1, 0.15) is 26.5 Å². The number of ketones is 1. The van der Waals surface area contributed by atoms with Crippen molar-refractivity contribution in [3.63, 3.8) is 0 Å². The minimum Gasteiger partial charge on any atom is -0.459 e. The second-order valence-electron chi connectivity index (χ2n) is 5.23. The Morgan fingerprint density at radius 3 is 2.60 bits per heavy atom. The molecule has 0 radical (unpaired) electrons. The normalized spacial score (nSPS) is 10.8. The first-order valence-electron chi connectivity index (χ1n) is 7.55. The molecule has 0 aliphatic carbocycles. The third-order valence-electron chi connectivity index (χ3n) is 3.47. The van der Waals surface area contributed by atoms with Crippen LogP contribution in [0.15, 0.2) is 77.4 Å². The zero-order valence-corrected chi connectivity index (χ0v) is 13.9. The van der Waals surface area contributed by atoms with E-state index >= 15 is 0 Å². The fourth-order valence-electron chi connectivity index (χ4n) is 2.22. The number of hydrogen-bond acceptors (Lipinski definition) is 3. The first kappa shape index (κ1) is 16.7. The number of halogens is 1.